The van der Waals surface area contributed by atoms with Crippen molar-refractivity contribution in [3.63, 3.8) is 0 Å². The highest BCUT2D eigenvalue weighted by atomic mass is 19.4. The van der Waals surface area contributed by atoms with Crippen molar-refractivity contribution in [2.75, 3.05) is 13.6 Å². The fourth-order valence-corrected chi connectivity index (χ4v) is 2.10. The summed E-state index contributed by atoms with van der Waals surface area (Å²) in [6.07, 6.45) is -5.95. The number of alkyl halides is 3. The Morgan fingerprint density at radius 3 is 2.46 bits per heavy atom. The number of hydrogen-bond donors (Lipinski definition) is 2. The molecule has 0 spiro atoms. The summed E-state index contributed by atoms with van der Waals surface area (Å²) in [6.45, 7) is -0.866. The van der Waals surface area contributed by atoms with Gasteiger partial charge < -0.3 is 19.7 Å². The van der Waals surface area contributed by atoms with Gasteiger partial charge in [0.15, 0.2) is 6.10 Å². The molecule has 0 saturated heterocycles. The number of halogens is 3. The van der Waals surface area contributed by atoms with Gasteiger partial charge in [-0.1, -0.05) is 30.3 Å². The van der Waals surface area contributed by atoms with Crippen molar-refractivity contribution in [2.45, 2.75) is 18.3 Å². The van der Waals surface area contributed by atoms with Crippen LogP contribution in [0, 0.1) is 0 Å². The van der Waals surface area contributed by atoms with Crippen LogP contribution in [0.2, 0.25) is 0 Å². The summed E-state index contributed by atoms with van der Waals surface area (Å²) >= 11 is 0. The second-order valence-corrected chi connectivity index (χ2v) is 5.25. The Morgan fingerprint density at radius 2 is 1.92 bits per heavy atom. The van der Waals surface area contributed by atoms with Crippen molar-refractivity contribution >= 4 is 6.03 Å². The fourth-order valence-electron chi connectivity index (χ4n) is 2.10. The van der Waals surface area contributed by atoms with Gasteiger partial charge in [0.05, 0.1) is 12.8 Å². The van der Waals surface area contributed by atoms with Crippen LogP contribution in [-0.4, -0.2) is 41.9 Å². The molecule has 24 heavy (non-hydrogen) atoms. The molecule has 5 nitrogen and oxygen atoms in total. The summed E-state index contributed by atoms with van der Waals surface area (Å²) in [5, 5.41) is 11.7. The van der Waals surface area contributed by atoms with Gasteiger partial charge >= 0.3 is 12.2 Å². The lowest BCUT2D eigenvalue weighted by molar-refractivity contribution is -0.205. The molecule has 0 aliphatic rings. The van der Waals surface area contributed by atoms with Gasteiger partial charge in [0.1, 0.15) is 11.8 Å². The average molecular weight is 342 g/mol. The minimum atomic E-state index is -4.78. The van der Waals surface area contributed by atoms with Crippen molar-refractivity contribution in [2.24, 2.45) is 0 Å². The minimum Gasteiger partial charge on any atom is -0.467 e. The maximum atomic E-state index is 12.4. The second-order valence-electron chi connectivity index (χ2n) is 5.25. The van der Waals surface area contributed by atoms with E-state index in [9.17, 15) is 18.0 Å². The summed E-state index contributed by atoms with van der Waals surface area (Å²) in [6, 6.07) is 10.8. The number of likely N-dealkylation sites (N-methyl/N-ethyl adjacent to an activating group) is 1. The number of aliphatic hydroxyl groups is 1. The highest BCUT2D eigenvalue weighted by Gasteiger charge is 2.39. The Balaban J connectivity index is 2.11. The number of rotatable bonds is 5. The topological polar surface area (TPSA) is 65.7 Å². The lowest BCUT2D eigenvalue weighted by Gasteiger charge is -2.25. The molecule has 0 aliphatic heterocycles. The van der Waals surface area contributed by atoms with Crippen molar-refractivity contribution < 1.29 is 27.5 Å². The number of carbonyl (C=O) groups is 1. The van der Waals surface area contributed by atoms with Crippen molar-refractivity contribution in [3.05, 3.63) is 60.1 Å². The number of hydrogen-bond acceptors (Lipinski definition) is 3. The highest BCUT2D eigenvalue weighted by Crippen LogP contribution is 2.23. The Morgan fingerprint density at radius 1 is 1.25 bits per heavy atom. The van der Waals surface area contributed by atoms with Gasteiger partial charge in [-0.15, -0.1) is 0 Å². The van der Waals surface area contributed by atoms with Crippen molar-refractivity contribution in [1.82, 2.24) is 10.2 Å². The van der Waals surface area contributed by atoms with Gasteiger partial charge in [-0.25, -0.2) is 4.79 Å². The smallest absolute Gasteiger partial charge is 0.416 e. The average Bonchev–Trinajstić information content (AvgIpc) is 3.06. The van der Waals surface area contributed by atoms with E-state index in [2.05, 4.69) is 5.32 Å². The quantitative estimate of drug-likeness (QED) is 0.878. The van der Waals surface area contributed by atoms with Crippen LogP contribution in [0.15, 0.2) is 53.1 Å². The van der Waals surface area contributed by atoms with E-state index in [1.54, 1.807) is 42.5 Å². The Labute approximate surface area is 136 Å². The van der Waals surface area contributed by atoms with Gasteiger partial charge in [0, 0.05) is 7.05 Å². The first-order chi connectivity index (χ1) is 11.3. The number of nitrogens with zero attached hydrogens (tertiary/aromatic N) is 1. The Hall–Kier alpha value is -2.48. The molecular weight excluding hydrogens is 325 g/mol. The highest BCUT2D eigenvalue weighted by molar-refractivity contribution is 5.75. The molecule has 0 fully saturated rings. The van der Waals surface area contributed by atoms with E-state index in [-0.39, 0.29) is 0 Å². The van der Waals surface area contributed by atoms with Crippen LogP contribution in [0.1, 0.15) is 17.4 Å². The first kappa shape index (κ1) is 17.9. The minimum absolute atomic E-state index is 0.444. The van der Waals surface area contributed by atoms with Gasteiger partial charge in [-0.3, -0.25) is 0 Å². The van der Waals surface area contributed by atoms with Gasteiger partial charge in [0.2, 0.25) is 0 Å². The normalized spacial score (nSPS) is 14.0. The predicted molar refractivity (Wildman–Crippen MR) is 80.2 cm³/mol. The summed E-state index contributed by atoms with van der Waals surface area (Å²) in [7, 11) is 1.18. The Kier molecular flexibility index (Phi) is 5.50. The number of urea groups is 1. The summed E-state index contributed by atoms with van der Waals surface area (Å²) in [5.41, 5.74) is 0.713. The molecule has 130 valence electrons. The fraction of sp³-hybridized carbons (Fsp3) is 0.312. The maximum Gasteiger partial charge on any atom is 0.416 e. The van der Waals surface area contributed by atoms with Gasteiger partial charge in [-0.05, 0) is 17.7 Å². The molecule has 1 aromatic carbocycles. The molecule has 2 N–H and O–H groups in total. The molecular formula is C16H17F3N2O3. The monoisotopic (exact) mass is 342 g/mol. The lowest BCUT2D eigenvalue weighted by atomic mass is 10.0. The zero-order chi connectivity index (χ0) is 17.7. The molecule has 0 bridgehead atoms. The van der Waals surface area contributed by atoms with Crippen LogP contribution < -0.4 is 5.32 Å². The van der Waals surface area contributed by atoms with Crippen LogP contribution in [0.5, 0.6) is 0 Å². The second kappa shape index (κ2) is 7.39. The number of nitrogens with one attached hydrogen (secondary N) is 1. The molecule has 0 radical (unpaired) electrons. The summed E-state index contributed by atoms with van der Waals surface area (Å²) in [5.74, 6) is 0.444. The summed E-state index contributed by atoms with van der Waals surface area (Å²) in [4.78, 5) is 13.0. The van der Waals surface area contributed by atoms with E-state index < -0.39 is 30.9 Å². The van der Waals surface area contributed by atoms with Crippen LogP contribution in [0.25, 0.3) is 0 Å². The molecule has 1 heterocycles. The van der Waals surface area contributed by atoms with Crippen LogP contribution in [-0.2, 0) is 0 Å². The number of benzene rings is 1. The van der Waals surface area contributed by atoms with E-state index in [0.29, 0.717) is 11.3 Å². The standard InChI is InChI=1S/C16H17F3N2O3/c1-21(10-13(22)16(17,18)19)15(23)20-14(12-8-5-9-24-12)11-6-3-2-4-7-11/h2-9,13-14,22H,10H2,1H3,(H,20,23). The van der Waals surface area contributed by atoms with E-state index in [0.717, 1.165) is 4.90 Å². The lowest BCUT2D eigenvalue weighted by Crippen LogP contribution is -2.46. The first-order valence-electron chi connectivity index (χ1n) is 7.14. The van der Waals surface area contributed by atoms with E-state index >= 15 is 0 Å². The van der Waals surface area contributed by atoms with E-state index in [1.165, 1.54) is 13.3 Å². The van der Waals surface area contributed by atoms with Crippen molar-refractivity contribution in [3.8, 4) is 0 Å². The number of amides is 2. The first-order valence-corrected chi connectivity index (χ1v) is 7.14. The van der Waals surface area contributed by atoms with E-state index in [4.69, 9.17) is 9.52 Å². The third kappa shape index (κ3) is 4.51. The van der Waals surface area contributed by atoms with E-state index in [1.807, 2.05) is 0 Å². The number of carbonyl (C=O) groups excluding carboxylic acids is 1. The van der Waals surface area contributed by atoms with Gasteiger partial charge in [-0.2, -0.15) is 13.2 Å². The predicted octanol–water partition coefficient (Wildman–Crippen LogP) is 2.93. The molecule has 2 amide bonds. The maximum absolute atomic E-state index is 12.4. The molecule has 8 heteroatoms. The van der Waals surface area contributed by atoms with Crippen molar-refractivity contribution in [1.29, 1.82) is 0 Å². The van der Waals surface area contributed by atoms with Gasteiger partial charge in [0.25, 0.3) is 0 Å². The molecule has 1 aromatic heterocycles. The molecule has 0 saturated carbocycles. The molecule has 2 unspecified atom stereocenters. The molecule has 0 aliphatic carbocycles. The number of furan rings is 1. The molecule has 2 rings (SSSR count). The van der Waals surface area contributed by atoms with Crippen LogP contribution >= 0.6 is 0 Å². The number of aliphatic hydroxyl groups excluding tert-OH is 1. The Bertz CT molecular complexity index is 644. The largest absolute Gasteiger partial charge is 0.467 e. The SMILES string of the molecule is CN(CC(O)C(F)(F)F)C(=O)NC(c1ccccc1)c1ccco1. The molecule has 2 atom stereocenters. The summed E-state index contributed by atoms with van der Waals surface area (Å²) < 4.78 is 42.5. The van der Waals surface area contributed by atoms with Crippen LogP contribution in [0.3, 0.4) is 0 Å². The third-order valence-electron chi connectivity index (χ3n) is 3.40. The zero-order valence-corrected chi connectivity index (χ0v) is 12.8. The third-order valence-corrected chi connectivity index (χ3v) is 3.40. The van der Waals surface area contributed by atoms with Crippen LogP contribution in [0.4, 0.5) is 18.0 Å². The molecule has 2 aromatic rings. The zero-order valence-electron chi connectivity index (χ0n) is 12.8.